The average Bonchev–Trinajstić information content (AvgIpc) is 2.54. The second-order valence-electron chi connectivity index (χ2n) is 4.87. The van der Waals surface area contributed by atoms with E-state index in [2.05, 4.69) is 18.3 Å². The maximum absolute atomic E-state index is 12.0. The van der Waals surface area contributed by atoms with Gasteiger partial charge in [-0.3, -0.25) is 4.79 Å². The van der Waals surface area contributed by atoms with Gasteiger partial charge >= 0.3 is 0 Å². The second kappa shape index (κ2) is 7.25. The fourth-order valence-corrected chi connectivity index (χ4v) is 2.17. The molecule has 3 heteroatoms. The van der Waals surface area contributed by atoms with E-state index in [1.54, 1.807) is 12.1 Å². The highest BCUT2D eigenvalue weighted by molar-refractivity contribution is 5.91. The Bertz CT molecular complexity index is 654. The number of carbonyl (C=O) groups is 1. The van der Waals surface area contributed by atoms with Crippen LogP contribution in [0.3, 0.4) is 0 Å². The third kappa shape index (κ3) is 4.19. The number of rotatable bonds is 5. The van der Waals surface area contributed by atoms with Gasteiger partial charge in [-0.2, -0.15) is 5.26 Å². The van der Waals surface area contributed by atoms with E-state index in [1.807, 2.05) is 36.4 Å². The number of hydrogen-bond acceptors (Lipinski definition) is 2. The van der Waals surface area contributed by atoms with Crippen LogP contribution >= 0.6 is 0 Å². The predicted molar refractivity (Wildman–Crippen MR) is 83.9 cm³/mol. The minimum atomic E-state index is 0.0141. The molecule has 2 rings (SSSR count). The molecule has 21 heavy (non-hydrogen) atoms. The molecule has 1 amide bonds. The average molecular weight is 278 g/mol. The molecule has 2 aromatic rings. The topological polar surface area (TPSA) is 52.9 Å². The van der Waals surface area contributed by atoms with E-state index < -0.39 is 0 Å². The van der Waals surface area contributed by atoms with Gasteiger partial charge in [0.05, 0.1) is 11.6 Å². The van der Waals surface area contributed by atoms with Gasteiger partial charge in [-0.1, -0.05) is 37.3 Å². The number of benzene rings is 2. The zero-order valence-electron chi connectivity index (χ0n) is 12.1. The number of anilines is 1. The quantitative estimate of drug-likeness (QED) is 0.906. The molecule has 0 saturated heterocycles. The number of nitrogens with one attached hydrogen (secondary N) is 1. The second-order valence-corrected chi connectivity index (χ2v) is 4.87. The summed E-state index contributed by atoms with van der Waals surface area (Å²) in [5, 5.41) is 11.7. The fourth-order valence-electron chi connectivity index (χ4n) is 2.17. The molecule has 0 fully saturated rings. The number of carbonyl (C=O) groups excluding carboxylic acids is 1. The Morgan fingerprint density at radius 1 is 1.14 bits per heavy atom. The van der Waals surface area contributed by atoms with Crippen LogP contribution in [0.4, 0.5) is 5.69 Å². The molecule has 0 saturated carbocycles. The Balaban J connectivity index is 1.91. The van der Waals surface area contributed by atoms with E-state index >= 15 is 0 Å². The van der Waals surface area contributed by atoms with Crippen molar-refractivity contribution in [2.45, 2.75) is 26.2 Å². The molecule has 0 aromatic heterocycles. The van der Waals surface area contributed by atoms with E-state index in [0.717, 1.165) is 23.2 Å². The molecule has 0 radical (unpaired) electrons. The number of para-hydroxylation sites is 1. The molecule has 0 heterocycles. The number of hydrogen-bond donors (Lipinski definition) is 1. The number of aryl methyl sites for hydroxylation is 2. The van der Waals surface area contributed by atoms with E-state index in [4.69, 9.17) is 5.26 Å². The summed E-state index contributed by atoms with van der Waals surface area (Å²) < 4.78 is 0. The first-order chi connectivity index (χ1) is 10.2. The fraction of sp³-hybridized carbons (Fsp3) is 0.222. The summed E-state index contributed by atoms with van der Waals surface area (Å²) >= 11 is 0. The molecular weight excluding hydrogens is 260 g/mol. The van der Waals surface area contributed by atoms with Crippen molar-refractivity contribution in [2.24, 2.45) is 0 Å². The van der Waals surface area contributed by atoms with Gasteiger partial charge in [-0.25, -0.2) is 0 Å². The van der Waals surface area contributed by atoms with Crippen LogP contribution < -0.4 is 5.32 Å². The first-order valence-corrected chi connectivity index (χ1v) is 7.09. The summed E-state index contributed by atoms with van der Waals surface area (Å²) in [4.78, 5) is 12.0. The molecule has 0 bridgehead atoms. The van der Waals surface area contributed by atoms with Crippen LogP contribution in [0.15, 0.2) is 48.5 Å². The Labute approximate surface area is 125 Å². The van der Waals surface area contributed by atoms with Crippen molar-refractivity contribution in [2.75, 3.05) is 5.32 Å². The number of nitriles is 1. The van der Waals surface area contributed by atoms with E-state index in [-0.39, 0.29) is 5.91 Å². The molecule has 0 unspecified atom stereocenters. The molecule has 106 valence electrons. The minimum Gasteiger partial charge on any atom is -0.326 e. The van der Waals surface area contributed by atoms with Gasteiger partial charge in [-0.05, 0) is 42.2 Å². The van der Waals surface area contributed by atoms with Crippen molar-refractivity contribution in [1.82, 2.24) is 0 Å². The first kappa shape index (κ1) is 14.8. The van der Waals surface area contributed by atoms with Crippen LogP contribution in [0.25, 0.3) is 0 Å². The lowest BCUT2D eigenvalue weighted by atomic mass is 10.1. The van der Waals surface area contributed by atoms with Gasteiger partial charge < -0.3 is 5.32 Å². The zero-order chi connectivity index (χ0) is 15.1. The summed E-state index contributed by atoms with van der Waals surface area (Å²) in [6.45, 7) is 2.07. The largest absolute Gasteiger partial charge is 0.326 e. The summed E-state index contributed by atoms with van der Waals surface area (Å²) in [5.74, 6) is 0.0141. The molecule has 1 N–H and O–H groups in total. The smallest absolute Gasteiger partial charge is 0.224 e. The highest BCUT2D eigenvalue weighted by atomic mass is 16.1. The lowest BCUT2D eigenvalue weighted by Crippen LogP contribution is -2.13. The van der Waals surface area contributed by atoms with Crippen molar-refractivity contribution in [1.29, 1.82) is 5.26 Å². The minimum absolute atomic E-state index is 0.0141. The number of nitrogens with zero attached hydrogens (tertiary/aromatic N) is 1. The maximum atomic E-state index is 12.0. The Morgan fingerprint density at radius 3 is 2.52 bits per heavy atom. The van der Waals surface area contributed by atoms with Crippen molar-refractivity contribution in [3.63, 3.8) is 0 Å². The van der Waals surface area contributed by atoms with Gasteiger partial charge in [0.2, 0.25) is 5.91 Å². The summed E-state index contributed by atoms with van der Waals surface area (Å²) in [6, 6.07) is 17.3. The molecule has 0 atom stereocenters. The predicted octanol–water partition coefficient (Wildman–Crippen LogP) is 3.69. The SMILES string of the molecule is CCc1ccccc1NC(=O)CCc1ccc(C#N)cc1. The Hall–Kier alpha value is -2.60. The lowest BCUT2D eigenvalue weighted by molar-refractivity contribution is -0.116. The molecule has 0 aliphatic heterocycles. The van der Waals surface area contributed by atoms with Crippen LogP contribution in [0.1, 0.15) is 30.0 Å². The van der Waals surface area contributed by atoms with Crippen LogP contribution in [0, 0.1) is 11.3 Å². The molecular formula is C18H18N2O. The van der Waals surface area contributed by atoms with Crippen LogP contribution in [0.5, 0.6) is 0 Å². The molecule has 3 nitrogen and oxygen atoms in total. The van der Waals surface area contributed by atoms with Crippen molar-refractivity contribution < 1.29 is 4.79 Å². The maximum Gasteiger partial charge on any atom is 0.224 e. The third-order valence-corrected chi connectivity index (χ3v) is 3.40. The van der Waals surface area contributed by atoms with Gasteiger partial charge in [0, 0.05) is 12.1 Å². The molecule has 2 aromatic carbocycles. The standard InChI is InChI=1S/C18H18N2O/c1-2-16-5-3-4-6-17(16)20-18(21)12-11-14-7-9-15(13-19)10-8-14/h3-10H,2,11-12H2,1H3,(H,20,21). The number of amides is 1. The van der Waals surface area contributed by atoms with E-state index in [1.165, 1.54) is 0 Å². The lowest BCUT2D eigenvalue weighted by Gasteiger charge is -2.09. The van der Waals surface area contributed by atoms with Crippen molar-refractivity contribution in [3.8, 4) is 6.07 Å². The molecule has 0 aliphatic rings. The van der Waals surface area contributed by atoms with Crippen LogP contribution in [-0.2, 0) is 17.6 Å². The highest BCUT2D eigenvalue weighted by Gasteiger charge is 2.06. The molecule has 0 spiro atoms. The Kier molecular flexibility index (Phi) is 5.11. The van der Waals surface area contributed by atoms with Gasteiger partial charge in [0.1, 0.15) is 0 Å². The van der Waals surface area contributed by atoms with Gasteiger partial charge in [0.15, 0.2) is 0 Å². The van der Waals surface area contributed by atoms with Gasteiger partial charge in [-0.15, -0.1) is 0 Å². The monoisotopic (exact) mass is 278 g/mol. The first-order valence-electron chi connectivity index (χ1n) is 7.09. The molecule has 0 aliphatic carbocycles. The third-order valence-electron chi connectivity index (χ3n) is 3.40. The Morgan fingerprint density at radius 2 is 1.86 bits per heavy atom. The summed E-state index contributed by atoms with van der Waals surface area (Å²) in [6.07, 6.45) is 2.00. The van der Waals surface area contributed by atoms with Crippen molar-refractivity contribution in [3.05, 3.63) is 65.2 Å². The van der Waals surface area contributed by atoms with E-state index in [9.17, 15) is 4.79 Å². The van der Waals surface area contributed by atoms with Crippen LogP contribution in [0.2, 0.25) is 0 Å². The normalized spacial score (nSPS) is 9.90. The highest BCUT2D eigenvalue weighted by Crippen LogP contribution is 2.16. The summed E-state index contributed by atoms with van der Waals surface area (Å²) in [5.41, 5.74) is 3.74. The van der Waals surface area contributed by atoms with Crippen LogP contribution in [-0.4, -0.2) is 5.91 Å². The zero-order valence-corrected chi connectivity index (χ0v) is 12.1. The van der Waals surface area contributed by atoms with Crippen molar-refractivity contribution >= 4 is 11.6 Å². The summed E-state index contributed by atoms with van der Waals surface area (Å²) in [7, 11) is 0. The van der Waals surface area contributed by atoms with E-state index in [0.29, 0.717) is 18.4 Å². The van der Waals surface area contributed by atoms with Gasteiger partial charge in [0.25, 0.3) is 0 Å².